The van der Waals surface area contributed by atoms with Crippen LogP contribution < -0.4 is 4.74 Å². The Kier molecular flexibility index (Phi) is 3.99. The third-order valence-corrected chi connectivity index (χ3v) is 3.16. The van der Waals surface area contributed by atoms with Gasteiger partial charge in [-0.05, 0) is 64.3 Å². The summed E-state index contributed by atoms with van der Waals surface area (Å²) in [7, 11) is 0. The van der Waals surface area contributed by atoms with E-state index < -0.39 is 0 Å². The highest BCUT2D eigenvalue weighted by atomic mass is 79.9. The Labute approximate surface area is 113 Å². The predicted molar refractivity (Wildman–Crippen MR) is 71.3 cm³/mol. The second-order valence-corrected chi connectivity index (χ2v) is 4.79. The molecule has 0 fully saturated rings. The highest BCUT2D eigenvalue weighted by Crippen LogP contribution is 2.31. The Morgan fingerprint density at radius 3 is 2.61 bits per heavy atom. The Morgan fingerprint density at radius 2 is 2.00 bits per heavy atom. The van der Waals surface area contributed by atoms with Crippen molar-refractivity contribution in [2.75, 3.05) is 0 Å². The van der Waals surface area contributed by atoms with Crippen molar-refractivity contribution in [1.29, 1.82) is 0 Å². The summed E-state index contributed by atoms with van der Waals surface area (Å²) >= 11 is 3.37. The molecule has 0 radical (unpaired) electrons. The van der Waals surface area contributed by atoms with Crippen LogP contribution in [0, 0.1) is 12.7 Å². The smallest absolute Gasteiger partial charge is 0.141 e. The molecule has 0 atom stereocenters. The number of hydrogen-bond donors (Lipinski definition) is 1. The van der Waals surface area contributed by atoms with Crippen molar-refractivity contribution in [1.82, 2.24) is 0 Å². The SMILES string of the molecule is Cc1cc(Oc2ccc(CO)cc2Br)ccc1F. The molecule has 4 heteroatoms. The van der Waals surface area contributed by atoms with Crippen LogP contribution in [0.3, 0.4) is 0 Å². The van der Waals surface area contributed by atoms with Crippen LogP contribution in [0.4, 0.5) is 4.39 Å². The molecule has 1 N–H and O–H groups in total. The van der Waals surface area contributed by atoms with Crippen molar-refractivity contribution in [3.05, 3.63) is 57.8 Å². The lowest BCUT2D eigenvalue weighted by atomic mass is 10.2. The summed E-state index contributed by atoms with van der Waals surface area (Å²) in [6.07, 6.45) is 0. The lowest BCUT2D eigenvalue weighted by Gasteiger charge is -2.09. The molecule has 2 nitrogen and oxygen atoms in total. The molecule has 0 amide bonds. The van der Waals surface area contributed by atoms with Gasteiger partial charge in [0.25, 0.3) is 0 Å². The van der Waals surface area contributed by atoms with Gasteiger partial charge in [-0.2, -0.15) is 0 Å². The van der Waals surface area contributed by atoms with Gasteiger partial charge in [0.15, 0.2) is 0 Å². The maximum absolute atomic E-state index is 13.1. The summed E-state index contributed by atoms with van der Waals surface area (Å²) in [5, 5.41) is 9.01. The van der Waals surface area contributed by atoms with E-state index in [1.165, 1.54) is 6.07 Å². The van der Waals surface area contributed by atoms with Crippen molar-refractivity contribution < 1.29 is 14.2 Å². The van der Waals surface area contributed by atoms with Crippen LogP contribution >= 0.6 is 15.9 Å². The van der Waals surface area contributed by atoms with Gasteiger partial charge in [-0.15, -0.1) is 0 Å². The number of halogens is 2. The first-order chi connectivity index (χ1) is 8.60. The molecule has 0 aromatic heterocycles. The molecule has 0 saturated carbocycles. The summed E-state index contributed by atoms with van der Waals surface area (Å²) in [4.78, 5) is 0. The summed E-state index contributed by atoms with van der Waals surface area (Å²) in [6.45, 7) is 1.67. The number of hydrogen-bond acceptors (Lipinski definition) is 2. The van der Waals surface area contributed by atoms with Crippen molar-refractivity contribution in [3.8, 4) is 11.5 Å². The van der Waals surface area contributed by atoms with Gasteiger partial charge in [0, 0.05) is 0 Å². The molecular formula is C14H12BrFO2. The van der Waals surface area contributed by atoms with Crippen molar-refractivity contribution in [3.63, 3.8) is 0 Å². The molecule has 2 aromatic carbocycles. The highest BCUT2D eigenvalue weighted by Gasteiger charge is 2.05. The van der Waals surface area contributed by atoms with Gasteiger partial charge in [0.1, 0.15) is 17.3 Å². The first kappa shape index (κ1) is 13.1. The van der Waals surface area contributed by atoms with Gasteiger partial charge >= 0.3 is 0 Å². The van der Waals surface area contributed by atoms with Gasteiger partial charge in [-0.25, -0.2) is 4.39 Å². The average Bonchev–Trinajstić information content (AvgIpc) is 2.36. The van der Waals surface area contributed by atoms with E-state index in [0.717, 1.165) is 10.0 Å². The molecule has 2 rings (SSSR count). The normalized spacial score (nSPS) is 10.4. The van der Waals surface area contributed by atoms with Crippen LogP contribution in [0.5, 0.6) is 11.5 Å². The Balaban J connectivity index is 2.25. The van der Waals surface area contributed by atoms with Gasteiger partial charge < -0.3 is 9.84 Å². The predicted octanol–water partition coefficient (Wildman–Crippen LogP) is 4.18. The number of aliphatic hydroxyl groups excluding tert-OH is 1. The molecule has 0 heterocycles. The summed E-state index contributed by atoms with van der Waals surface area (Å²) in [5.41, 5.74) is 1.33. The molecule has 0 bridgehead atoms. The average molecular weight is 311 g/mol. The van der Waals surface area contributed by atoms with Crippen LogP contribution in [-0.4, -0.2) is 5.11 Å². The lowest BCUT2D eigenvalue weighted by Crippen LogP contribution is -1.90. The van der Waals surface area contributed by atoms with E-state index in [9.17, 15) is 4.39 Å². The number of rotatable bonds is 3. The monoisotopic (exact) mass is 310 g/mol. The van der Waals surface area contributed by atoms with E-state index >= 15 is 0 Å². The number of benzene rings is 2. The zero-order chi connectivity index (χ0) is 13.1. The van der Waals surface area contributed by atoms with Crippen LogP contribution in [0.1, 0.15) is 11.1 Å². The van der Waals surface area contributed by atoms with E-state index in [2.05, 4.69) is 15.9 Å². The van der Waals surface area contributed by atoms with Gasteiger partial charge in [-0.1, -0.05) is 6.07 Å². The zero-order valence-corrected chi connectivity index (χ0v) is 11.4. The van der Waals surface area contributed by atoms with Crippen molar-refractivity contribution in [2.24, 2.45) is 0 Å². The van der Waals surface area contributed by atoms with Crippen LogP contribution in [0.2, 0.25) is 0 Å². The minimum atomic E-state index is -0.253. The van der Waals surface area contributed by atoms with Gasteiger partial charge in [0.05, 0.1) is 11.1 Å². The minimum absolute atomic E-state index is 0.0193. The molecule has 0 aliphatic rings. The van der Waals surface area contributed by atoms with Crippen LogP contribution in [-0.2, 0) is 6.61 Å². The van der Waals surface area contributed by atoms with E-state index in [4.69, 9.17) is 9.84 Å². The molecule has 0 aliphatic heterocycles. The molecule has 94 valence electrons. The second-order valence-electron chi connectivity index (χ2n) is 3.94. The third kappa shape index (κ3) is 2.89. The van der Waals surface area contributed by atoms with Crippen molar-refractivity contribution in [2.45, 2.75) is 13.5 Å². The maximum atomic E-state index is 13.1. The standard InChI is InChI=1S/C14H12BrFO2/c1-9-6-11(3-4-13(9)16)18-14-5-2-10(8-17)7-12(14)15/h2-7,17H,8H2,1H3. The first-order valence-corrected chi connectivity index (χ1v) is 6.23. The summed E-state index contributed by atoms with van der Waals surface area (Å²) in [6, 6.07) is 9.91. The second kappa shape index (κ2) is 5.50. The molecule has 0 saturated heterocycles. The molecule has 0 spiro atoms. The fourth-order valence-corrected chi connectivity index (χ4v) is 2.04. The van der Waals surface area contributed by atoms with Crippen LogP contribution in [0.15, 0.2) is 40.9 Å². The quantitative estimate of drug-likeness (QED) is 0.921. The summed E-state index contributed by atoms with van der Waals surface area (Å²) < 4.78 is 19.5. The van der Waals surface area contributed by atoms with E-state index in [1.54, 1.807) is 37.3 Å². The van der Waals surface area contributed by atoms with Crippen LogP contribution in [0.25, 0.3) is 0 Å². The van der Waals surface area contributed by atoms with Gasteiger partial charge in [0.2, 0.25) is 0 Å². The number of aliphatic hydroxyl groups is 1. The van der Waals surface area contributed by atoms with E-state index in [0.29, 0.717) is 17.1 Å². The largest absolute Gasteiger partial charge is 0.456 e. The Hall–Kier alpha value is -1.39. The fraction of sp³-hybridized carbons (Fsp3) is 0.143. The maximum Gasteiger partial charge on any atom is 0.141 e. The molecule has 18 heavy (non-hydrogen) atoms. The molecule has 0 aliphatic carbocycles. The lowest BCUT2D eigenvalue weighted by molar-refractivity contribution is 0.281. The Bertz CT molecular complexity index is 570. The highest BCUT2D eigenvalue weighted by molar-refractivity contribution is 9.10. The molecule has 2 aromatic rings. The van der Waals surface area contributed by atoms with Gasteiger partial charge in [-0.3, -0.25) is 0 Å². The fourth-order valence-electron chi connectivity index (χ4n) is 1.53. The molecular weight excluding hydrogens is 299 g/mol. The first-order valence-electron chi connectivity index (χ1n) is 5.43. The van der Waals surface area contributed by atoms with E-state index in [-0.39, 0.29) is 12.4 Å². The molecule has 0 unspecified atom stereocenters. The third-order valence-electron chi connectivity index (χ3n) is 2.54. The minimum Gasteiger partial charge on any atom is -0.456 e. The number of aryl methyl sites for hydroxylation is 1. The number of ether oxygens (including phenoxy) is 1. The summed E-state index contributed by atoms with van der Waals surface area (Å²) in [5.74, 6) is 0.946. The van der Waals surface area contributed by atoms with E-state index in [1.807, 2.05) is 0 Å². The topological polar surface area (TPSA) is 29.5 Å². The van der Waals surface area contributed by atoms with Crippen molar-refractivity contribution >= 4 is 15.9 Å². The zero-order valence-electron chi connectivity index (χ0n) is 9.78. The Morgan fingerprint density at radius 1 is 1.22 bits per heavy atom.